The molecule has 0 N–H and O–H groups in total. The molecule has 1 aromatic carbocycles. The second-order valence-electron chi connectivity index (χ2n) is 7.37. The maximum Gasteiger partial charge on any atom is 0.457 e. The number of halogens is 1. The van der Waals surface area contributed by atoms with E-state index in [4.69, 9.17) is 25.3 Å². The van der Waals surface area contributed by atoms with Crippen LogP contribution in [0.5, 0.6) is 0 Å². The predicted octanol–water partition coefficient (Wildman–Crippen LogP) is 4.58. The number of hydrogen-bond acceptors (Lipinski definition) is 3. The molecule has 120 valence electrons. The van der Waals surface area contributed by atoms with Crippen molar-refractivity contribution in [1.29, 1.82) is 0 Å². The van der Waals surface area contributed by atoms with Crippen LogP contribution < -0.4 is 0 Å². The fourth-order valence-corrected chi connectivity index (χ4v) is 5.10. The SMILES string of the molecule is CC1C2CC1C1OB(CCc3coc4cccc(Cl)c34)O[C@@H]1C2. The number of furan rings is 1. The van der Waals surface area contributed by atoms with Crippen molar-refractivity contribution in [2.45, 2.75) is 44.7 Å². The highest BCUT2D eigenvalue weighted by Gasteiger charge is 2.56. The van der Waals surface area contributed by atoms with Crippen LogP contribution in [-0.4, -0.2) is 19.3 Å². The van der Waals surface area contributed by atoms with Crippen LogP contribution in [0.1, 0.15) is 25.3 Å². The van der Waals surface area contributed by atoms with E-state index in [1.54, 1.807) is 0 Å². The Hall–Kier alpha value is -0.965. The molecule has 23 heavy (non-hydrogen) atoms. The summed E-state index contributed by atoms with van der Waals surface area (Å²) < 4.78 is 18.0. The maximum atomic E-state index is 6.32. The van der Waals surface area contributed by atoms with Gasteiger partial charge in [-0.2, -0.15) is 0 Å². The lowest BCUT2D eigenvalue weighted by molar-refractivity contribution is -0.0913. The largest absolute Gasteiger partial charge is 0.464 e. The zero-order valence-electron chi connectivity index (χ0n) is 13.2. The molecule has 0 amide bonds. The standard InChI is InChI=1S/C18H20BClO3/c1-10-12-7-13(10)18-16(8-12)22-19(23-18)6-5-11-9-21-15-4-2-3-14(20)17(11)15/h2-4,9-10,12-13,16,18H,5-8H2,1H3/t10?,12?,13?,16-,18?/m1/s1. The van der Waals surface area contributed by atoms with Gasteiger partial charge in [0, 0.05) is 5.39 Å². The highest BCUT2D eigenvalue weighted by atomic mass is 35.5. The molecule has 0 radical (unpaired) electrons. The van der Waals surface area contributed by atoms with Crippen molar-refractivity contribution < 1.29 is 13.7 Å². The Kier molecular flexibility index (Phi) is 3.29. The number of aryl methyl sites for hydroxylation is 1. The molecule has 2 heterocycles. The molecule has 3 aliphatic carbocycles. The third-order valence-corrected chi connectivity index (χ3v) is 6.54. The van der Waals surface area contributed by atoms with Crippen molar-refractivity contribution in [3.63, 3.8) is 0 Å². The first-order chi connectivity index (χ1) is 11.2. The molecule has 3 nitrogen and oxygen atoms in total. The lowest BCUT2D eigenvalue weighted by atomic mass is 9.56. The van der Waals surface area contributed by atoms with Crippen LogP contribution in [0.25, 0.3) is 11.0 Å². The Morgan fingerprint density at radius 1 is 1.26 bits per heavy atom. The average molecular weight is 331 g/mol. The van der Waals surface area contributed by atoms with Crippen LogP contribution >= 0.6 is 11.6 Å². The van der Waals surface area contributed by atoms with Crippen LogP contribution in [0.4, 0.5) is 0 Å². The number of benzene rings is 1. The van der Waals surface area contributed by atoms with Gasteiger partial charge in [-0.25, -0.2) is 0 Å². The van der Waals surface area contributed by atoms with E-state index in [1.807, 2.05) is 24.5 Å². The number of hydrogen-bond donors (Lipinski definition) is 0. The summed E-state index contributed by atoms with van der Waals surface area (Å²) >= 11 is 6.32. The predicted molar refractivity (Wildman–Crippen MR) is 90.6 cm³/mol. The van der Waals surface area contributed by atoms with E-state index in [9.17, 15) is 0 Å². The van der Waals surface area contributed by atoms with Gasteiger partial charge in [0.15, 0.2) is 0 Å². The molecule has 4 aliphatic rings. The van der Waals surface area contributed by atoms with Crippen molar-refractivity contribution in [2.24, 2.45) is 17.8 Å². The first-order valence-corrected chi connectivity index (χ1v) is 9.04. The minimum Gasteiger partial charge on any atom is -0.464 e. The molecule has 6 rings (SSSR count). The summed E-state index contributed by atoms with van der Waals surface area (Å²) in [7, 11) is -0.0796. The Bertz CT molecular complexity index is 745. The van der Waals surface area contributed by atoms with E-state index in [0.717, 1.165) is 46.1 Å². The fraction of sp³-hybridized carbons (Fsp3) is 0.556. The van der Waals surface area contributed by atoms with Crippen LogP contribution in [0, 0.1) is 17.8 Å². The molecule has 1 aliphatic heterocycles. The average Bonchev–Trinajstić information content (AvgIpc) is 3.16. The molecule has 2 bridgehead atoms. The minimum absolute atomic E-state index is 0.0796. The molecule has 5 atom stereocenters. The number of rotatable bonds is 3. The summed E-state index contributed by atoms with van der Waals surface area (Å²) in [4.78, 5) is 0. The fourth-order valence-electron chi connectivity index (χ4n) is 4.81. The van der Waals surface area contributed by atoms with Crippen LogP contribution in [0.15, 0.2) is 28.9 Å². The summed E-state index contributed by atoms with van der Waals surface area (Å²) in [5.74, 6) is 2.39. The first-order valence-electron chi connectivity index (χ1n) is 8.66. The summed E-state index contributed by atoms with van der Waals surface area (Å²) in [5, 5.41) is 1.78. The smallest absolute Gasteiger partial charge is 0.457 e. The summed E-state index contributed by atoms with van der Waals surface area (Å²) in [5.41, 5.74) is 1.99. The second kappa shape index (κ2) is 5.27. The quantitative estimate of drug-likeness (QED) is 0.772. The van der Waals surface area contributed by atoms with Gasteiger partial charge in [0.25, 0.3) is 0 Å². The van der Waals surface area contributed by atoms with Gasteiger partial charge < -0.3 is 13.7 Å². The van der Waals surface area contributed by atoms with Crippen LogP contribution in [0.3, 0.4) is 0 Å². The zero-order chi connectivity index (χ0) is 15.6. The van der Waals surface area contributed by atoms with Crippen molar-refractivity contribution in [1.82, 2.24) is 0 Å². The topological polar surface area (TPSA) is 31.6 Å². The van der Waals surface area contributed by atoms with Crippen molar-refractivity contribution in [2.75, 3.05) is 0 Å². The lowest BCUT2D eigenvalue weighted by Gasteiger charge is -2.53. The Morgan fingerprint density at radius 2 is 2.17 bits per heavy atom. The monoisotopic (exact) mass is 330 g/mol. The first kappa shape index (κ1) is 14.4. The molecule has 5 heteroatoms. The molecule has 1 aromatic heterocycles. The summed E-state index contributed by atoms with van der Waals surface area (Å²) in [6, 6.07) is 5.78. The van der Waals surface area contributed by atoms with E-state index in [1.165, 1.54) is 12.8 Å². The third-order valence-electron chi connectivity index (χ3n) is 6.23. The lowest BCUT2D eigenvalue weighted by Crippen LogP contribution is -2.53. The van der Waals surface area contributed by atoms with E-state index in [2.05, 4.69) is 6.92 Å². The zero-order valence-corrected chi connectivity index (χ0v) is 14.0. The van der Waals surface area contributed by atoms with Crippen LogP contribution in [-0.2, 0) is 15.7 Å². The second-order valence-corrected chi connectivity index (χ2v) is 7.78. The van der Waals surface area contributed by atoms with E-state index < -0.39 is 0 Å². The van der Waals surface area contributed by atoms with Gasteiger partial charge in [-0.1, -0.05) is 24.6 Å². The molecular weight excluding hydrogens is 310 g/mol. The van der Waals surface area contributed by atoms with Gasteiger partial charge in [0.05, 0.1) is 23.5 Å². The van der Waals surface area contributed by atoms with Gasteiger partial charge in [0.2, 0.25) is 0 Å². The molecule has 4 fully saturated rings. The van der Waals surface area contributed by atoms with Gasteiger partial charge in [-0.15, -0.1) is 0 Å². The van der Waals surface area contributed by atoms with Gasteiger partial charge >= 0.3 is 7.12 Å². The van der Waals surface area contributed by atoms with Crippen molar-refractivity contribution >= 4 is 29.7 Å². The van der Waals surface area contributed by atoms with E-state index in [-0.39, 0.29) is 7.12 Å². The van der Waals surface area contributed by atoms with Gasteiger partial charge in [0.1, 0.15) is 5.58 Å². The van der Waals surface area contributed by atoms with E-state index in [0.29, 0.717) is 18.1 Å². The molecule has 2 aromatic rings. The third kappa shape index (κ3) is 2.19. The van der Waals surface area contributed by atoms with E-state index >= 15 is 0 Å². The van der Waals surface area contributed by atoms with Crippen LogP contribution in [0.2, 0.25) is 11.3 Å². The Labute approximate surface area is 141 Å². The summed E-state index contributed by atoms with van der Waals surface area (Å²) in [6.45, 7) is 2.37. The maximum absolute atomic E-state index is 6.32. The van der Waals surface area contributed by atoms with Gasteiger partial charge in [-0.3, -0.25) is 0 Å². The number of fused-ring (bicyclic) bond motifs is 1. The molecule has 1 saturated heterocycles. The highest BCUT2D eigenvalue weighted by molar-refractivity contribution is 6.45. The minimum atomic E-state index is -0.0796. The van der Waals surface area contributed by atoms with Crippen molar-refractivity contribution in [3.05, 3.63) is 35.0 Å². The summed E-state index contributed by atoms with van der Waals surface area (Å²) in [6.07, 6.45) is 6.70. The molecule has 0 spiro atoms. The Morgan fingerprint density at radius 3 is 3.04 bits per heavy atom. The molecule has 3 saturated carbocycles. The molecular formula is C18H20BClO3. The highest BCUT2D eigenvalue weighted by Crippen LogP contribution is 2.54. The molecule has 4 unspecified atom stereocenters. The Balaban J connectivity index is 1.28. The normalized spacial score (nSPS) is 35.4. The van der Waals surface area contributed by atoms with Gasteiger partial charge in [-0.05, 0) is 61.0 Å². The van der Waals surface area contributed by atoms with Crippen molar-refractivity contribution in [3.8, 4) is 0 Å².